The fourth-order valence-corrected chi connectivity index (χ4v) is 4.41. The van der Waals surface area contributed by atoms with Crippen LogP contribution in [0.3, 0.4) is 0 Å². The van der Waals surface area contributed by atoms with Crippen molar-refractivity contribution in [2.75, 3.05) is 7.11 Å². The summed E-state index contributed by atoms with van der Waals surface area (Å²) < 4.78 is 15.7. The Hall–Kier alpha value is -5.32. The molecule has 5 aromatic rings. The van der Waals surface area contributed by atoms with Gasteiger partial charge < -0.3 is 28.9 Å². The van der Waals surface area contributed by atoms with E-state index >= 15 is 0 Å². The molecule has 0 saturated carbocycles. The first-order chi connectivity index (χ1) is 17.7. The molecule has 2 aromatic heterocycles. The number of nitro groups is 1. The Morgan fingerprint density at radius 2 is 1.32 bits per heavy atom. The molecule has 0 aliphatic heterocycles. The molecule has 3 aromatic carbocycles. The van der Waals surface area contributed by atoms with Crippen molar-refractivity contribution >= 4 is 27.6 Å². The summed E-state index contributed by atoms with van der Waals surface area (Å²) >= 11 is 0. The number of hydrogen-bond donors (Lipinski definition) is 3. The van der Waals surface area contributed by atoms with Crippen molar-refractivity contribution < 1.29 is 33.8 Å². The highest BCUT2D eigenvalue weighted by molar-refractivity contribution is 5.87. The van der Waals surface area contributed by atoms with Crippen LogP contribution in [0.25, 0.3) is 21.9 Å². The number of aromatic hydroxyl groups is 3. The number of methoxy groups -OCH3 is 1. The summed E-state index contributed by atoms with van der Waals surface area (Å²) in [4.78, 5) is 37.3. The molecule has 0 unspecified atom stereocenters. The van der Waals surface area contributed by atoms with E-state index in [9.17, 15) is 35.0 Å². The Bertz CT molecular complexity index is 1740. The Morgan fingerprint density at radius 1 is 0.838 bits per heavy atom. The van der Waals surface area contributed by atoms with Crippen molar-refractivity contribution in [2.45, 2.75) is 5.92 Å². The molecule has 0 fully saturated rings. The number of nitrogens with zero attached hydrogens (tertiary/aromatic N) is 1. The zero-order valence-corrected chi connectivity index (χ0v) is 19.0. The molecular weight excluding hydrogens is 486 g/mol. The molecule has 0 amide bonds. The van der Waals surface area contributed by atoms with E-state index in [4.69, 9.17) is 13.6 Å². The van der Waals surface area contributed by atoms with Gasteiger partial charge in [0.1, 0.15) is 22.7 Å². The minimum atomic E-state index is -1.66. The molecule has 11 heteroatoms. The topological polar surface area (TPSA) is 173 Å². The summed E-state index contributed by atoms with van der Waals surface area (Å²) in [5.74, 6) is -3.95. The zero-order valence-electron chi connectivity index (χ0n) is 19.0. The van der Waals surface area contributed by atoms with Gasteiger partial charge in [0, 0.05) is 6.07 Å². The molecular formula is C26H17NO10. The van der Waals surface area contributed by atoms with E-state index < -0.39 is 61.9 Å². The van der Waals surface area contributed by atoms with Gasteiger partial charge in [-0.3, -0.25) is 10.1 Å². The van der Waals surface area contributed by atoms with Gasteiger partial charge in [0.2, 0.25) is 5.75 Å². The van der Waals surface area contributed by atoms with E-state index in [0.717, 1.165) is 19.2 Å². The van der Waals surface area contributed by atoms with Crippen LogP contribution in [0.2, 0.25) is 0 Å². The van der Waals surface area contributed by atoms with Crippen molar-refractivity contribution in [3.05, 3.63) is 108 Å². The van der Waals surface area contributed by atoms with Gasteiger partial charge in [-0.25, -0.2) is 9.59 Å². The normalized spacial score (nSPS) is 11.3. The maximum atomic E-state index is 13.2. The van der Waals surface area contributed by atoms with Gasteiger partial charge in [-0.15, -0.1) is 0 Å². The second-order valence-corrected chi connectivity index (χ2v) is 8.08. The fraction of sp³-hybridized carbons (Fsp3) is 0.0769. The summed E-state index contributed by atoms with van der Waals surface area (Å²) in [6.45, 7) is 0. The minimum absolute atomic E-state index is 0.0471. The molecule has 37 heavy (non-hydrogen) atoms. The van der Waals surface area contributed by atoms with E-state index in [-0.39, 0.29) is 27.5 Å². The van der Waals surface area contributed by atoms with Crippen LogP contribution in [0.15, 0.2) is 79.1 Å². The lowest BCUT2D eigenvalue weighted by Crippen LogP contribution is -2.21. The number of rotatable bonds is 5. The smallest absolute Gasteiger partial charge is 0.344 e. The van der Waals surface area contributed by atoms with E-state index in [1.807, 2.05) is 0 Å². The Kier molecular flexibility index (Phi) is 5.52. The Labute approximate surface area is 206 Å². The number of fused-ring (bicyclic) bond motifs is 2. The average molecular weight is 503 g/mol. The molecule has 0 saturated heterocycles. The summed E-state index contributed by atoms with van der Waals surface area (Å²) in [7, 11) is 1.12. The molecule has 11 nitrogen and oxygen atoms in total. The lowest BCUT2D eigenvalue weighted by Gasteiger charge is -2.20. The maximum absolute atomic E-state index is 13.2. The quantitative estimate of drug-likeness (QED) is 0.180. The molecule has 2 heterocycles. The predicted octanol–water partition coefficient (Wildman–Crippen LogP) is 4.11. The number of hydrogen-bond acceptors (Lipinski definition) is 10. The summed E-state index contributed by atoms with van der Waals surface area (Å²) in [6.07, 6.45) is 0. The second-order valence-electron chi connectivity index (χ2n) is 8.08. The van der Waals surface area contributed by atoms with Crippen LogP contribution in [-0.2, 0) is 0 Å². The van der Waals surface area contributed by atoms with Gasteiger partial charge >= 0.3 is 16.9 Å². The minimum Gasteiger partial charge on any atom is -0.507 e. The Morgan fingerprint density at radius 3 is 1.78 bits per heavy atom. The van der Waals surface area contributed by atoms with Gasteiger partial charge in [-0.2, -0.15) is 0 Å². The first-order valence-corrected chi connectivity index (χ1v) is 10.8. The predicted molar refractivity (Wildman–Crippen MR) is 131 cm³/mol. The van der Waals surface area contributed by atoms with E-state index in [1.54, 1.807) is 24.3 Å². The average Bonchev–Trinajstić information content (AvgIpc) is 2.87. The standard InChI is InChI=1S/C26H17NO10/c1-35-24-15(27(33)34)10-12(11-16(24)28)19(20-22(29)13-6-2-4-8-17(13)36-25(20)31)21-23(30)14-7-3-5-9-18(14)37-26(21)32/h2-11,19,28-30H,1H3. The van der Waals surface area contributed by atoms with Crippen LogP contribution < -0.4 is 16.0 Å². The van der Waals surface area contributed by atoms with Crippen LogP contribution in [0, 0.1) is 10.1 Å². The summed E-state index contributed by atoms with van der Waals surface area (Å²) in [6, 6.07) is 14.1. The molecule has 5 rings (SSSR count). The lowest BCUT2D eigenvalue weighted by atomic mass is 9.84. The number of benzene rings is 3. The van der Waals surface area contributed by atoms with Crippen LogP contribution in [0.4, 0.5) is 5.69 Å². The first kappa shape index (κ1) is 23.4. The highest BCUT2D eigenvalue weighted by atomic mass is 16.6. The lowest BCUT2D eigenvalue weighted by molar-refractivity contribution is -0.385. The Balaban J connectivity index is 1.95. The number of para-hydroxylation sites is 2. The van der Waals surface area contributed by atoms with Crippen LogP contribution in [0.5, 0.6) is 23.0 Å². The highest BCUT2D eigenvalue weighted by Gasteiger charge is 2.35. The van der Waals surface area contributed by atoms with Crippen LogP contribution in [0.1, 0.15) is 22.6 Å². The van der Waals surface area contributed by atoms with Crippen molar-refractivity contribution in [1.29, 1.82) is 0 Å². The highest BCUT2D eigenvalue weighted by Crippen LogP contribution is 2.46. The van der Waals surface area contributed by atoms with Crippen molar-refractivity contribution in [3.63, 3.8) is 0 Å². The monoisotopic (exact) mass is 503 g/mol. The van der Waals surface area contributed by atoms with Gasteiger partial charge in [-0.1, -0.05) is 24.3 Å². The third-order valence-corrected chi connectivity index (χ3v) is 6.02. The molecule has 0 aliphatic carbocycles. The molecule has 0 atom stereocenters. The maximum Gasteiger partial charge on any atom is 0.344 e. The summed E-state index contributed by atoms with van der Waals surface area (Å²) in [5.41, 5.74) is -3.95. The van der Waals surface area contributed by atoms with E-state index in [2.05, 4.69) is 0 Å². The van der Waals surface area contributed by atoms with Crippen LogP contribution in [-0.4, -0.2) is 27.4 Å². The molecule has 0 spiro atoms. The van der Waals surface area contributed by atoms with Crippen molar-refractivity contribution in [1.82, 2.24) is 0 Å². The number of ether oxygens (including phenoxy) is 1. The first-order valence-electron chi connectivity index (χ1n) is 10.8. The number of nitro benzene ring substituents is 1. The van der Waals surface area contributed by atoms with Gasteiger partial charge in [0.25, 0.3) is 0 Å². The molecule has 0 radical (unpaired) electrons. The largest absolute Gasteiger partial charge is 0.507 e. The second kappa shape index (κ2) is 8.72. The molecule has 0 bridgehead atoms. The zero-order chi connectivity index (χ0) is 26.4. The molecule has 0 aliphatic rings. The van der Waals surface area contributed by atoms with Crippen LogP contribution >= 0.6 is 0 Å². The van der Waals surface area contributed by atoms with Gasteiger partial charge in [0.05, 0.1) is 39.9 Å². The van der Waals surface area contributed by atoms with Crippen molar-refractivity contribution in [2.24, 2.45) is 0 Å². The van der Waals surface area contributed by atoms with Crippen molar-refractivity contribution in [3.8, 4) is 23.0 Å². The third kappa shape index (κ3) is 3.69. The number of phenolic OH excluding ortho intramolecular Hbond substituents is 1. The van der Waals surface area contributed by atoms with E-state index in [0.29, 0.717) is 0 Å². The molecule has 186 valence electrons. The summed E-state index contributed by atoms with van der Waals surface area (Å²) in [5, 5.41) is 44.8. The fourth-order valence-electron chi connectivity index (χ4n) is 4.41. The van der Waals surface area contributed by atoms with E-state index in [1.165, 1.54) is 24.3 Å². The SMILES string of the molecule is COc1c(O)cc(C(c2c(O)c3ccccc3oc2=O)c2c(O)c3ccccc3oc2=O)cc1[N+](=O)[O-]. The third-order valence-electron chi connectivity index (χ3n) is 6.02. The van der Waals surface area contributed by atoms with Gasteiger partial charge in [-0.05, 0) is 35.9 Å². The van der Waals surface area contributed by atoms with Gasteiger partial charge in [0.15, 0.2) is 5.75 Å². The number of phenols is 1. The molecule has 3 N–H and O–H groups in total.